The maximum Gasteiger partial charge on any atom is 0.312 e. The molecule has 0 saturated heterocycles. The standard InChI is InChI=1S/C17H22N4O5/c1-10(13-6-7-14(25-4)15(8-13)26-5)18-16(22)9-20-12(3)17(21(23)24)11(2)19-20/h6-8,10H,9H2,1-5H3,(H,18,22). The van der Waals surface area contributed by atoms with E-state index in [1.165, 1.54) is 4.68 Å². The molecule has 0 aliphatic heterocycles. The van der Waals surface area contributed by atoms with Crippen LogP contribution in [0.3, 0.4) is 0 Å². The summed E-state index contributed by atoms with van der Waals surface area (Å²) in [6.45, 7) is 4.86. The number of nitrogens with one attached hydrogen (secondary N) is 1. The Morgan fingerprint density at radius 2 is 1.96 bits per heavy atom. The predicted molar refractivity (Wildman–Crippen MR) is 94.5 cm³/mol. The van der Waals surface area contributed by atoms with E-state index in [0.717, 1.165) is 5.56 Å². The van der Waals surface area contributed by atoms with Gasteiger partial charge in [0.15, 0.2) is 11.5 Å². The largest absolute Gasteiger partial charge is 0.493 e. The number of methoxy groups -OCH3 is 2. The van der Waals surface area contributed by atoms with Crippen molar-refractivity contribution < 1.29 is 19.2 Å². The van der Waals surface area contributed by atoms with Crippen molar-refractivity contribution in [1.29, 1.82) is 0 Å². The summed E-state index contributed by atoms with van der Waals surface area (Å²) in [6, 6.07) is 5.11. The number of aryl methyl sites for hydroxylation is 1. The summed E-state index contributed by atoms with van der Waals surface area (Å²) in [6.07, 6.45) is 0. The minimum absolute atomic E-state index is 0.0641. The van der Waals surface area contributed by atoms with Gasteiger partial charge in [0, 0.05) is 0 Å². The van der Waals surface area contributed by atoms with Crippen LogP contribution in [0.5, 0.6) is 11.5 Å². The van der Waals surface area contributed by atoms with Gasteiger partial charge in [-0.05, 0) is 38.5 Å². The molecule has 0 spiro atoms. The lowest BCUT2D eigenvalue weighted by Crippen LogP contribution is -2.30. The highest BCUT2D eigenvalue weighted by Gasteiger charge is 2.23. The number of amides is 1. The van der Waals surface area contributed by atoms with Crippen LogP contribution in [0.25, 0.3) is 0 Å². The van der Waals surface area contributed by atoms with Crippen molar-refractivity contribution in [3.8, 4) is 11.5 Å². The van der Waals surface area contributed by atoms with Crippen LogP contribution < -0.4 is 14.8 Å². The first-order chi connectivity index (χ1) is 12.3. The zero-order valence-corrected chi connectivity index (χ0v) is 15.4. The third-order valence-corrected chi connectivity index (χ3v) is 4.10. The quantitative estimate of drug-likeness (QED) is 0.598. The molecule has 2 aromatic rings. The van der Waals surface area contributed by atoms with Gasteiger partial charge in [-0.3, -0.25) is 19.6 Å². The van der Waals surface area contributed by atoms with Crippen LogP contribution in [-0.4, -0.2) is 34.8 Å². The number of ether oxygens (including phenoxy) is 2. The molecular weight excluding hydrogens is 340 g/mol. The highest BCUT2D eigenvalue weighted by atomic mass is 16.6. The lowest BCUT2D eigenvalue weighted by atomic mass is 10.1. The van der Waals surface area contributed by atoms with Gasteiger partial charge in [0.05, 0.1) is 25.2 Å². The number of hydrogen-bond acceptors (Lipinski definition) is 6. The van der Waals surface area contributed by atoms with E-state index in [0.29, 0.717) is 17.2 Å². The predicted octanol–water partition coefficient (Wildman–Crippen LogP) is 2.30. The SMILES string of the molecule is COc1ccc(C(C)NC(=O)Cn2nc(C)c([N+](=O)[O-])c2C)cc1OC. The van der Waals surface area contributed by atoms with Crippen molar-refractivity contribution in [2.45, 2.75) is 33.4 Å². The zero-order chi connectivity index (χ0) is 19.4. The van der Waals surface area contributed by atoms with Gasteiger partial charge in [0.1, 0.15) is 17.9 Å². The summed E-state index contributed by atoms with van der Waals surface area (Å²) < 4.78 is 11.8. The van der Waals surface area contributed by atoms with Gasteiger partial charge in [0.25, 0.3) is 0 Å². The second-order valence-corrected chi connectivity index (χ2v) is 5.84. The molecule has 1 unspecified atom stereocenters. The molecule has 2 rings (SSSR count). The molecule has 9 nitrogen and oxygen atoms in total. The van der Waals surface area contributed by atoms with Gasteiger partial charge in [-0.15, -0.1) is 0 Å². The number of nitro groups is 1. The van der Waals surface area contributed by atoms with E-state index in [1.807, 2.05) is 13.0 Å². The second kappa shape index (κ2) is 7.85. The molecule has 1 atom stereocenters. The maximum absolute atomic E-state index is 12.3. The van der Waals surface area contributed by atoms with Crippen LogP contribution in [0.15, 0.2) is 18.2 Å². The average Bonchev–Trinajstić information content (AvgIpc) is 2.87. The lowest BCUT2D eigenvalue weighted by molar-refractivity contribution is -0.386. The van der Waals surface area contributed by atoms with E-state index in [4.69, 9.17) is 9.47 Å². The highest BCUT2D eigenvalue weighted by Crippen LogP contribution is 2.30. The molecule has 1 amide bonds. The van der Waals surface area contributed by atoms with Gasteiger partial charge in [0.2, 0.25) is 5.91 Å². The molecule has 0 aliphatic carbocycles. The molecule has 1 N–H and O–H groups in total. The van der Waals surface area contributed by atoms with Gasteiger partial charge < -0.3 is 14.8 Å². The molecule has 1 aromatic heterocycles. The number of carbonyl (C=O) groups excluding carboxylic acids is 1. The van der Waals surface area contributed by atoms with Crippen LogP contribution in [-0.2, 0) is 11.3 Å². The molecule has 9 heteroatoms. The number of rotatable bonds is 7. The minimum Gasteiger partial charge on any atom is -0.493 e. The molecule has 1 aromatic carbocycles. The first kappa shape index (κ1) is 19.2. The van der Waals surface area contributed by atoms with Crippen LogP contribution >= 0.6 is 0 Å². The van der Waals surface area contributed by atoms with Crippen LogP contribution in [0.1, 0.15) is 29.9 Å². The fourth-order valence-corrected chi connectivity index (χ4v) is 2.73. The third kappa shape index (κ3) is 3.93. The van der Waals surface area contributed by atoms with Crippen LogP contribution in [0.4, 0.5) is 5.69 Å². The number of nitrogens with zero attached hydrogens (tertiary/aromatic N) is 3. The average molecular weight is 362 g/mol. The Bertz CT molecular complexity index is 831. The molecule has 0 saturated carbocycles. The van der Waals surface area contributed by atoms with Crippen molar-refractivity contribution in [2.75, 3.05) is 14.2 Å². The summed E-state index contributed by atoms with van der Waals surface area (Å²) in [5.41, 5.74) is 1.41. The van der Waals surface area contributed by atoms with E-state index in [9.17, 15) is 14.9 Å². The topological polar surface area (TPSA) is 109 Å². The van der Waals surface area contributed by atoms with Crippen LogP contribution in [0, 0.1) is 24.0 Å². The monoisotopic (exact) mass is 362 g/mol. The van der Waals surface area contributed by atoms with Crippen molar-refractivity contribution >= 4 is 11.6 Å². The van der Waals surface area contributed by atoms with E-state index in [-0.39, 0.29) is 29.9 Å². The Morgan fingerprint density at radius 3 is 2.50 bits per heavy atom. The Kier molecular flexibility index (Phi) is 5.81. The maximum atomic E-state index is 12.3. The summed E-state index contributed by atoms with van der Waals surface area (Å²) in [7, 11) is 3.09. The molecule has 0 fully saturated rings. The minimum atomic E-state index is -0.488. The Labute approximate surface area is 151 Å². The Hall–Kier alpha value is -3.10. The Morgan fingerprint density at radius 1 is 1.31 bits per heavy atom. The summed E-state index contributed by atoms with van der Waals surface area (Å²) in [4.78, 5) is 22.9. The van der Waals surface area contributed by atoms with Crippen molar-refractivity contribution in [3.63, 3.8) is 0 Å². The molecule has 1 heterocycles. The fraction of sp³-hybridized carbons (Fsp3) is 0.412. The number of benzene rings is 1. The summed E-state index contributed by atoms with van der Waals surface area (Å²) in [5.74, 6) is 0.873. The molecular formula is C17H22N4O5. The van der Waals surface area contributed by atoms with Gasteiger partial charge >= 0.3 is 5.69 Å². The van der Waals surface area contributed by atoms with Gasteiger partial charge in [-0.1, -0.05) is 6.07 Å². The first-order valence-electron chi connectivity index (χ1n) is 7.98. The molecule has 26 heavy (non-hydrogen) atoms. The normalized spacial score (nSPS) is 11.7. The summed E-state index contributed by atoms with van der Waals surface area (Å²) >= 11 is 0. The number of aromatic nitrogens is 2. The van der Waals surface area contributed by atoms with Gasteiger partial charge in [-0.25, -0.2) is 0 Å². The van der Waals surface area contributed by atoms with E-state index in [2.05, 4.69) is 10.4 Å². The molecule has 0 bridgehead atoms. The number of carbonyl (C=O) groups is 1. The smallest absolute Gasteiger partial charge is 0.312 e. The van der Waals surface area contributed by atoms with Crippen molar-refractivity contribution in [3.05, 3.63) is 45.3 Å². The van der Waals surface area contributed by atoms with E-state index < -0.39 is 4.92 Å². The highest BCUT2D eigenvalue weighted by molar-refractivity contribution is 5.76. The Balaban J connectivity index is 2.11. The van der Waals surface area contributed by atoms with Crippen molar-refractivity contribution in [1.82, 2.24) is 15.1 Å². The third-order valence-electron chi connectivity index (χ3n) is 4.10. The molecule has 140 valence electrons. The first-order valence-corrected chi connectivity index (χ1v) is 7.98. The summed E-state index contributed by atoms with van der Waals surface area (Å²) in [5, 5.41) is 18.0. The van der Waals surface area contributed by atoms with E-state index in [1.54, 1.807) is 40.2 Å². The van der Waals surface area contributed by atoms with E-state index >= 15 is 0 Å². The molecule has 0 radical (unpaired) electrons. The zero-order valence-electron chi connectivity index (χ0n) is 15.4. The fourth-order valence-electron chi connectivity index (χ4n) is 2.73. The van der Waals surface area contributed by atoms with Crippen molar-refractivity contribution in [2.24, 2.45) is 0 Å². The number of hydrogen-bond donors (Lipinski definition) is 1. The lowest BCUT2D eigenvalue weighted by Gasteiger charge is -2.16. The molecule has 0 aliphatic rings. The van der Waals surface area contributed by atoms with Gasteiger partial charge in [-0.2, -0.15) is 5.10 Å². The second-order valence-electron chi connectivity index (χ2n) is 5.84. The van der Waals surface area contributed by atoms with Crippen LogP contribution in [0.2, 0.25) is 0 Å².